The lowest BCUT2D eigenvalue weighted by Gasteiger charge is -2.04. The van der Waals surface area contributed by atoms with E-state index < -0.39 is 0 Å². The lowest BCUT2D eigenvalue weighted by Crippen LogP contribution is -1.98. The van der Waals surface area contributed by atoms with Gasteiger partial charge in [0.15, 0.2) is 5.78 Å². The van der Waals surface area contributed by atoms with Crippen LogP contribution in [-0.4, -0.2) is 12.9 Å². The first-order valence-corrected chi connectivity index (χ1v) is 6.10. The molecule has 0 fully saturated rings. The molecule has 98 valence electrons. The van der Waals surface area contributed by atoms with Gasteiger partial charge in [0.05, 0.1) is 24.3 Å². The maximum absolute atomic E-state index is 12.1. The second-order valence-electron chi connectivity index (χ2n) is 4.14. The average molecular weight is 263 g/mol. The van der Waals surface area contributed by atoms with Crippen molar-refractivity contribution in [3.63, 3.8) is 0 Å². The number of methoxy groups -OCH3 is 1. The zero-order valence-corrected chi connectivity index (χ0v) is 11.0. The molecular weight excluding hydrogens is 250 g/mol. The summed E-state index contributed by atoms with van der Waals surface area (Å²) in [4.78, 5) is 12.1. The summed E-state index contributed by atoms with van der Waals surface area (Å²) in [7, 11) is 1.53. The Kier molecular flexibility index (Phi) is 4.31. The molecule has 0 amide bonds. The minimum Gasteiger partial charge on any atom is -0.496 e. The lowest BCUT2D eigenvalue weighted by molar-refractivity contribution is 0.104. The van der Waals surface area contributed by atoms with Gasteiger partial charge in [-0.1, -0.05) is 30.3 Å². The Hall–Kier alpha value is -2.86. The summed E-state index contributed by atoms with van der Waals surface area (Å²) in [6.07, 6.45) is 3.17. The second kappa shape index (κ2) is 6.35. The van der Waals surface area contributed by atoms with E-state index in [0.717, 1.165) is 5.56 Å². The lowest BCUT2D eigenvalue weighted by atomic mass is 10.1. The molecule has 0 aliphatic rings. The molecule has 0 atom stereocenters. The molecule has 0 radical (unpaired) electrons. The molecule has 2 aromatic carbocycles. The van der Waals surface area contributed by atoms with Gasteiger partial charge in [0.25, 0.3) is 0 Å². The number of nitriles is 1. The zero-order valence-electron chi connectivity index (χ0n) is 11.0. The van der Waals surface area contributed by atoms with Gasteiger partial charge < -0.3 is 4.74 Å². The van der Waals surface area contributed by atoms with Crippen LogP contribution >= 0.6 is 0 Å². The number of hydrogen-bond donors (Lipinski definition) is 0. The molecule has 0 aliphatic carbocycles. The molecule has 0 saturated carbocycles. The van der Waals surface area contributed by atoms with Crippen molar-refractivity contribution in [3.8, 4) is 11.8 Å². The van der Waals surface area contributed by atoms with E-state index in [4.69, 9.17) is 10.00 Å². The Balaban J connectivity index is 2.23. The molecule has 2 aromatic rings. The molecule has 0 N–H and O–H groups in total. The molecular formula is C17H13NO2. The Bertz CT molecular complexity index is 696. The van der Waals surface area contributed by atoms with Crippen molar-refractivity contribution in [3.05, 3.63) is 71.3 Å². The van der Waals surface area contributed by atoms with Crippen LogP contribution in [0.15, 0.2) is 54.6 Å². The molecule has 3 nitrogen and oxygen atoms in total. The summed E-state index contributed by atoms with van der Waals surface area (Å²) >= 11 is 0. The van der Waals surface area contributed by atoms with Gasteiger partial charge in [-0.2, -0.15) is 5.26 Å². The van der Waals surface area contributed by atoms with Gasteiger partial charge in [0.1, 0.15) is 5.75 Å². The Labute approximate surface area is 117 Å². The van der Waals surface area contributed by atoms with E-state index in [1.54, 1.807) is 42.5 Å². The number of para-hydroxylation sites is 1. The monoisotopic (exact) mass is 263 g/mol. The summed E-state index contributed by atoms with van der Waals surface area (Å²) in [5, 5.41) is 8.83. The predicted octanol–water partition coefficient (Wildman–Crippen LogP) is 3.46. The van der Waals surface area contributed by atoms with Crippen LogP contribution in [0.5, 0.6) is 5.75 Å². The second-order valence-corrected chi connectivity index (χ2v) is 4.14. The van der Waals surface area contributed by atoms with Crippen LogP contribution in [0.3, 0.4) is 0 Å². The van der Waals surface area contributed by atoms with E-state index in [1.165, 1.54) is 13.2 Å². The highest BCUT2D eigenvalue weighted by Crippen LogP contribution is 2.18. The van der Waals surface area contributed by atoms with Crippen LogP contribution in [-0.2, 0) is 0 Å². The first-order valence-electron chi connectivity index (χ1n) is 6.10. The maximum atomic E-state index is 12.1. The number of carbonyl (C=O) groups is 1. The molecule has 0 aliphatic heterocycles. The van der Waals surface area contributed by atoms with Crippen molar-refractivity contribution in [1.82, 2.24) is 0 Å². The fourth-order valence-electron chi connectivity index (χ4n) is 1.82. The number of rotatable bonds is 4. The number of ketones is 1. The highest BCUT2D eigenvalue weighted by molar-refractivity contribution is 6.08. The van der Waals surface area contributed by atoms with Crippen molar-refractivity contribution in [2.45, 2.75) is 0 Å². The fourth-order valence-corrected chi connectivity index (χ4v) is 1.82. The summed E-state index contributed by atoms with van der Waals surface area (Å²) in [6, 6.07) is 16.2. The van der Waals surface area contributed by atoms with E-state index in [1.807, 2.05) is 12.1 Å². The van der Waals surface area contributed by atoms with Gasteiger partial charge >= 0.3 is 0 Å². The minimum absolute atomic E-state index is 0.134. The fraction of sp³-hybridized carbons (Fsp3) is 0.0588. The first kappa shape index (κ1) is 13.6. The summed E-state index contributed by atoms with van der Waals surface area (Å²) < 4.78 is 5.16. The molecule has 0 unspecified atom stereocenters. The number of hydrogen-bond acceptors (Lipinski definition) is 3. The maximum Gasteiger partial charge on any atom is 0.189 e. The van der Waals surface area contributed by atoms with Crippen molar-refractivity contribution >= 4 is 11.9 Å². The van der Waals surface area contributed by atoms with E-state index in [2.05, 4.69) is 6.07 Å². The van der Waals surface area contributed by atoms with Crippen LogP contribution in [0.1, 0.15) is 21.5 Å². The van der Waals surface area contributed by atoms with Gasteiger partial charge in [0.2, 0.25) is 0 Å². The van der Waals surface area contributed by atoms with E-state index in [0.29, 0.717) is 16.9 Å². The van der Waals surface area contributed by atoms with Crippen molar-refractivity contribution in [2.24, 2.45) is 0 Å². The quantitative estimate of drug-likeness (QED) is 0.627. The third kappa shape index (κ3) is 3.12. The molecule has 0 spiro atoms. The predicted molar refractivity (Wildman–Crippen MR) is 77.5 cm³/mol. The number of nitrogens with zero attached hydrogens (tertiary/aromatic N) is 1. The largest absolute Gasteiger partial charge is 0.496 e. The van der Waals surface area contributed by atoms with Crippen LogP contribution < -0.4 is 4.74 Å². The summed E-state index contributed by atoms with van der Waals surface area (Å²) in [6.45, 7) is 0. The van der Waals surface area contributed by atoms with Gasteiger partial charge in [-0.15, -0.1) is 0 Å². The van der Waals surface area contributed by atoms with Crippen molar-refractivity contribution < 1.29 is 9.53 Å². The smallest absolute Gasteiger partial charge is 0.189 e. The van der Waals surface area contributed by atoms with Gasteiger partial charge in [0, 0.05) is 0 Å². The molecule has 20 heavy (non-hydrogen) atoms. The average Bonchev–Trinajstić information content (AvgIpc) is 2.52. The molecule has 0 saturated heterocycles. The Morgan fingerprint density at radius 1 is 1.20 bits per heavy atom. The Morgan fingerprint density at radius 2 is 2.00 bits per heavy atom. The van der Waals surface area contributed by atoms with Crippen molar-refractivity contribution in [1.29, 1.82) is 5.26 Å². The van der Waals surface area contributed by atoms with E-state index >= 15 is 0 Å². The standard InChI is InChI=1S/C17H13NO2/c1-20-17-8-3-2-7-15(17)16(19)10-9-13-5-4-6-14(11-13)12-18/h2-11H,1H3. The Morgan fingerprint density at radius 3 is 2.75 bits per heavy atom. The number of carbonyl (C=O) groups excluding carboxylic acids is 1. The van der Waals surface area contributed by atoms with Crippen LogP contribution in [0.2, 0.25) is 0 Å². The number of allylic oxidation sites excluding steroid dienone is 1. The zero-order chi connectivity index (χ0) is 14.4. The topological polar surface area (TPSA) is 50.1 Å². The van der Waals surface area contributed by atoms with Crippen LogP contribution in [0, 0.1) is 11.3 Å². The molecule has 0 bridgehead atoms. The molecule has 3 heteroatoms. The highest BCUT2D eigenvalue weighted by atomic mass is 16.5. The SMILES string of the molecule is COc1ccccc1C(=O)C=Cc1cccc(C#N)c1. The normalized spacial score (nSPS) is 10.2. The number of benzene rings is 2. The minimum atomic E-state index is -0.134. The van der Waals surface area contributed by atoms with Crippen LogP contribution in [0.4, 0.5) is 0 Å². The highest BCUT2D eigenvalue weighted by Gasteiger charge is 2.07. The molecule has 2 rings (SSSR count). The molecule has 0 aromatic heterocycles. The summed E-state index contributed by atoms with van der Waals surface area (Å²) in [5.74, 6) is 0.415. The number of ether oxygens (including phenoxy) is 1. The van der Waals surface area contributed by atoms with Crippen LogP contribution in [0.25, 0.3) is 6.08 Å². The summed E-state index contributed by atoms with van der Waals surface area (Å²) in [5.41, 5.74) is 1.90. The first-order chi connectivity index (χ1) is 9.74. The van der Waals surface area contributed by atoms with Gasteiger partial charge in [-0.25, -0.2) is 0 Å². The van der Waals surface area contributed by atoms with Gasteiger partial charge in [-0.05, 0) is 35.9 Å². The van der Waals surface area contributed by atoms with Crippen molar-refractivity contribution in [2.75, 3.05) is 7.11 Å². The molecule has 0 heterocycles. The van der Waals surface area contributed by atoms with E-state index in [-0.39, 0.29) is 5.78 Å². The third-order valence-electron chi connectivity index (χ3n) is 2.82. The third-order valence-corrected chi connectivity index (χ3v) is 2.82. The van der Waals surface area contributed by atoms with Gasteiger partial charge in [-0.3, -0.25) is 4.79 Å². The van der Waals surface area contributed by atoms with E-state index in [9.17, 15) is 4.79 Å².